The lowest BCUT2D eigenvalue weighted by atomic mass is 10.0. The van der Waals surface area contributed by atoms with Crippen LogP contribution in [-0.2, 0) is 13.2 Å². The minimum absolute atomic E-state index is 0.0691. The number of carbonyl (C=O) groups is 1. The maximum Gasteiger partial charge on any atom is 0.337 e. The number of carboxylic acids is 1. The van der Waals surface area contributed by atoms with Crippen LogP contribution in [0.25, 0.3) is 11.1 Å². The van der Waals surface area contributed by atoms with Crippen molar-refractivity contribution in [1.29, 1.82) is 0 Å². The van der Waals surface area contributed by atoms with Crippen molar-refractivity contribution in [3.8, 4) is 16.9 Å². The summed E-state index contributed by atoms with van der Waals surface area (Å²) in [5.41, 5.74) is 5.14. The highest BCUT2D eigenvalue weighted by molar-refractivity contribution is 8.26. The molecule has 0 bridgehead atoms. The number of benzene rings is 3. The number of ether oxygens (including phenoxy) is 1. The molecule has 5 rings (SSSR count). The number of hydrogen-bond donors (Lipinski definition) is 1. The third-order valence-electron chi connectivity index (χ3n) is 6.02. The van der Waals surface area contributed by atoms with Gasteiger partial charge < -0.3 is 38.5 Å². The quantitative estimate of drug-likeness (QED) is 0.359. The Hall–Kier alpha value is -4.05. The SMILES string of the molecule is CN1c2ccccc2N(Cc2cccc(-c3ccc(COc4cncc(C(=O)O)c4)cc3)c2)S1([O-])[O-]. The molecule has 0 fully saturated rings. The Balaban J connectivity index is 1.30. The molecular weight excluding hydrogens is 478 g/mol. The van der Waals surface area contributed by atoms with Crippen molar-refractivity contribution in [2.45, 2.75) is 13.2 Å². The fourth-order valence-electron chi connectivity index (χ4n) is 4.09. The Kier molecular flexibility index (Phi) is 6.27. The van der Waals surface area contributed by atoms with E-state index >= 15 is 0 Å². The molecule has 0 radical (unpaired) electrons. The fourth-order valence-corrected chi connectivity index (χ4v) is 5.51. The zero-order valence-electron chi connectivity index (χ0n) is 19.4. The van der Waals surface area contributed by atoms with Gasteiger partial charge in [0.1, 0.15) is 12.4 Å². The number of aromatic nitrogens is 1. The summed E-state index contributed by atoms with van der Waals surface area (Å²) in [7, 11) is -2.06. The Morgan fingerprint density at radius 2 is 1.67 bits per heavy atom. The van der Waals surface area contributed by atoms with Crippen molar-refractivity contribution in [3.63, 3.8) is 0 Å². The molecule has 2 heterocycles. The highest BCUT2D eigenvalue weighted by Crippen LogP contribution is 2.60. The maximum atomic E-state index is 13.0. The third kappa shape index (κ3) is 4.59. The molecule has 1 aromatic heterocycles. The van der Waals surface area contributed by atoms with Gasteiger partial charge in [-0.2, -0.15) is 0 Å². The number of rotatable bonds is 7. The first-order valence-electron chi connectivity index (χ1n) is 11.2. The van der Waals surface area contributed by atoms with Crippen LogP contribution in [0.15, 0.2) is 91.3 Å². The molecule has 1 aliphatic rings. The van der Waals surface area contributed by atoms with Crippen molar-refractivity contribution in [2.75, 3.05) is 15.7 Å². The monoisotopic (exact) mass is 501 g/mol. The average molecular weight is 502 g/mol. The lowest BCUT2D eigenvalue weighted by Gasteiger charge is -2.66. The topological polar surface area (TPSA) is 112 Å². The van der Waals surface area contributed by atoms with E-state index < -0.39 is 16.9 Å². The molecule has 0 aliphatic carbocycles. The zero-order chi connectivity index (χ0) is 25.3. The summed E-state index contributed by atoms with van der Waals surface area (Å²) in [6, 6.07) is 24.3. The van der Waals surface area contributed by atoms with Crippen molar-refractivity contribution in [2.24, 2.45) is 0 Å². The zero-order valence-corrected chi connectivity index (χ0v) is 20.2. The molecular formula is C27H23N3O5S-2. The minimum atomic E-state index is -3.63. The lowest BCUT2D eigenvalue weighted by molar-refractivity contribution is 0.0695. The average Bonchev–Trinajstić information content (AvgIpc) is 3.09. The largest absolute Gasteiger partial charge is 0.766 e. The number of fused-ring (bicyclic) bond motifs is 1. The highest BCUT2D eigenvalue weighted by atomic mass is 32.3. The molecule has 184 valence electrons. The van der Waals surface area contributed by atoms with Crippen LogP contribution in [0.1, 0.15) is 21.5 Å². The summed E-state index contributed by atoms with van der Waals surface area (Å²) in [5, 5.41) is 9.08. The second-order valence-corrected chi connectivity index (χ2v) is 10.3. The molecule has 4 aromatic rings. The molecule has 36 heavy (non-hydrogen) atoms. The van der Waals surface area contributed by atoms with Crippen molar-refractivity contribution in [1.82, 2.24) is 4.98 Å². The van der Waals surface area contributed by atoms with Crippen LogP contribution >= 0.6 is 11.0 Å². The summed E-state index contributed by atoms with van der Waals surface area (Å²) < 4.78 is 34.4. The summed E-state index contributed by atoms with van der Waals surface area (Å²) in [4.78, 5) is 15.0. The van der Waals surface area contributed by atoms with Gasteiger partial charge in [0.25, 0.3) is 0 Å². The Bertz CT molecular complexity index is 1410. The lowest BCUT2D eigenvalue weighted by Crippen LogP contribution is -2.31. The summed E-state index contributed by atoms with van der Waals surface area (Å²) in [6.07, 6.45) is 2.75. The first-order chi connectivity index (χ1) is 17.3. The molecule has 8 nitrogen and oxygen atoms in total. The standard InChI is InChI=1S/C27H25N3O5S/c1-29-25-7-2-3-8-26(25)30(36(29,33)34)17-20-5-4-6-22(13-20)21-11-9-19(10-12-21)18-35-24-14-23(27(31)32)15-28-16-24/h2-16,33-34H,17-18H2,1H3,(H,31,32)/p-2. The van der Waals surface area contributed by atoms with Gasteiger partial charge in [-0.3, -0.25) is 4.98 Å². The Labute approximate surface area is 210 Å². The molecule has 0 unspecified atom stereocenters. The molecule has 0 amide bonds. The van der Waals surface area contributed by atoms with Gasteiger partial charge in [-0.25, -0.2) is 4.79 Å². The number of anilines is 2. The van der Waals surface area contributed by atoms with Crippen LogP contribution in [0.3, 0.4) is 0 Å². The minimum Gasteiger partial charge on any atom is -0.766 e. The van der Waals surface area contributed by atoms with Crippen molar-refractivity contribution < 1.29 is 23.7 Å². The smallest absolute Gasteiger partial charge is 0.337 e. The predicted molar refractivity (Wildman–Crippen MR) is 138 cm³/mol. The second kappa shape index (κ2) is 9.54. The predicted octanol–water partition coefficient (Wildman–Crippen LogP) is 5.38. The van der Waals surface area contributed by atoms with Gasteiger partial charge in [0.2, 0.25) is 0 Å². The van der Waals surface area contributed by atoms with Gasteiger partial charge in [-0.05, 0) is 46.5 Å². The van der Waals surface area contributed by atoms with Gasteiger partial charge in [-0.15, -0.1) is 0 Å². The van der Waals surface area contributed by atoms with Gasteiger partial charge in [0.05, 0.1) is 29.7 Å². The molecule has 1 aliphatic heterocycles. The van der Waals surface area contributed by atoms with Gasteiger partial charge >= 0.3 is 5.97 Å². The number of para-hydroxylation sites is 2. The van der Waals surface area contributed by atoms with Crippen molar-refractivity contribution in [3.05, 3.63) is 108 Å². The molecule has 0 atom stereocenters. The molecule has 0 spiro atoms. The number of carboxylic acid groups (broad SMARTS) is 1. The van der Waals surface area contributed by atoms with E-state index in [2.05, 4.69) is 4.98 Å². The molecule has 0 saturated heterocycles. The van der Waals surface area contributed by atoms with E-state index in [0.29, 0.717) is 17.1 Å². The normalized spacial score (nSPS) is 14.9. The van der Waals surface area contributed by atoms with Crippen LogP contribution < -0.4 is 13.3 Å². The second-order valence-electron chi connectivity index (χ2n) is 8.37. The molecule has 9 heteroatoms. The van der Waals surface area contributed by atoms with Crippen LogP contribution in [0, 0.1) is 0 Å². The van der Waals surface area contributed by atoms with E-state index in [1.54, 1.807) is 13.1 Å². The van der Waals surface area contributed by atoms with Crippen LogP contribution in [0.4, 0.5) is 11.4 Å². The fraction of sp³-hybridized carbons (Fsp3) is 0.111. The summed E-state index contributed by atoms with van der Waals surface area (Å²) in [6.45, 7) is 0.498. The molecule has 1 N–H and O–H groups in total. The number of pyridine rings is 1. The third-order valence-corrected chi connectivity index (χ3v) is 7.79. The number of aromatic carboxylic acids is 1. The van der Waals surface area contributed by atoms with Gasteiger partial charge in [-0.1, -0.05) is 54.6 Å². The molecule has 3 aromatic carbocycles. The van der Waals surface area contributed by atoms with E-state index in [1.807, 2.05) is 66.7 Å². The summed E-state index contributed by atoms with van der Waals surface area (Å²) in [5.74, 6) is -0.672. The molecule has 0 saturated carbocycles. The first-order valence-corrected chi connectivity index (χ1v) is 12.6. The van der Waals surface area contributed by atoms with Crippen LogP contribution in [-0.4, -0.2) is 32.2 Å². The van der Waals surface area contributed by atoms with E-state index in [1.165, 1.54) is 27.1 Å². The van der Waals surface area contributed by atoms with Crippen LogP contribution in [0.5, 0.6) is 5.75 Å². The number of hydrogen-bond acceptors (Lipinski definition) is 7. The Morgan fingerprint density at radius 3 is 2.42 bits per heavy atom. The summed E-state index contributed by atoms with van der Waals surface area (Å²) >= 11 is 0. The van der Waals surface area contributed by atoms with Crippen LogP contribution in [0.2, 0.25) is 0 Å². The maximum absolute atomic E-state index is 13.0. The first kappa shape index (κ1) is 23.7. The van der Waals surface area contributed by atoms with E-state index in [9.17, 15) is 13.9 Å². The van der Waals surface area contributed by atoms with E-state index in [4.69, 9.17) is 9.84 Å². The van der Waals surface area contributed by atoms with Gasteiger partial charge in [0.15, 0.2) is 0 Å². The Morgan fingerprint density at radius 1 is 0.917 bits per heavy atom. The van der Waals surface area contributed by atoms with E-state index in [0.717, 1.165) is 22.3 Å². The van der Waals surface area contributed by atoms with Gasteiger partial charge in [0, 0.05) is 13.2 Å². The highest BCUT2D eigenvalue weighted by Gasteiger charge is 2.27. The van der Waals surface area contributed by atoms with E-state index in [-0.39, 0.29) is 18.7 Å². The number of nitrogens with zero attached hydrogens (tertiary/aromatic N) is 3. The van der Waals surface area contributed by atoms with Crippen molar-refractivity contribution >= 4 is 28.3 Å².